The van der Waals surface area contributed by atoms with Crippen LogP contribution in [0.3, 0.4) is 0 Å². The van der Waals surface area contributed by atoms with Gasteiger partial charge in [-0.1, -0.05) is 15.9 Å². The Morgan fingerprint density at radius 2 is 2.28 bits per heavy atom. The van der Waals surface area contributed by atoms with Gasteiger partial charge in [-0.05, 0) is 25.2 Å². The standard InChI is InChI=1S/C12H15BrN4O/c1-14-6-12-15-8-17(16-12)7-9-5-10(13)3-4-11(9)18-2/h3-5,8,14H,6-7H2,1-2H3. The van der Waals surface area contributed by atoms with E-state index in [9.17, 15) is 0 Å². The molecule has 0 spiro atoms. The molecule has 0 atom stereocenters. The fourth-order valence-electron chi connectivity index (χ4n) is 1.69. The average Bonchev–Trinajstić information content (AvgIpc) is 2.77. The molecule has 0 saturated carbocycles. The summed E-state index contributed by atoms with van der Waals surface area (Å²) in [7, 11) is 3.54. The van der Waals surface area contributed by atoms with Gasteiger partial charge in [-0.2, -0.15) is 5.10 Å². The second kappa shape index (κ2) is 5.97. The van der Waals surface area contributed by atoms with Crippen molar-refractivity contribution in [2.24, 2.45) is 0 Å². The lowest BCUT2D eigenvalue weighted by Gasteiger charge is -2.08. The van der Waals surface area contributed by atoms with Gasteiger partial charge in [-0.25, -0.2) is 9.67 Å². The van der Waals surface area contributed by atoms with Gasteiger partial charge in [0.2, 0.25) is 0 Å². The average molecular weight is 311 g/mol. The summed E-state index contributed by atoms with van der Waals surface area (Å²) < 4.78 is 8.16. The third-order valence-corrected chi connectivity index (χ3v) is 2.99. The Hall–Kier alpha value is -1.40. The van der Waals surface area contributed by atoms with Crippen LogP contribution in [0, 0.1) is 0 Å². The van der Waals surface area contributed by atoms with Crippen LogP contribution in [-0.2, 0) is 13.1 Å². The van der Waals surface area contributed by atoms with Crippen molar-refractivity contribution < 1.29 is 4.74 Å². The first-order valence-corrected chi connectivity index (χ1v) is 6.37. The first-order valence-electron chi connectivity index (χ1n) is 5.58. The molecule has 0 saturated heterocycles. The number of rotatable bonds is 5. The normalized spacial score (nSPS) is 10.6. The maximum Gasteiger partial charge on any atom is 0.164 e. The van der Waals surface area contributed by atoms with E-state index in [0.29, 0.717) is 13.1 Å². The number of benzene rings is 1. The van der Waals surface area contributed by atoms with E-state index in [1.54, 1.807) is 18.1 Å². The van der Waals surface area contributed by atoms with Crippen LogP contribution in [0.1, 0.15) is 11.4 Å². The van der Waals surface area contributed by atoms with Crippen molar-refractivity contribution >= 4 is 15.9 Å². The number of methoxy groups -OCH3 is 1. The summed E-state index contributed by atoms with van der Waals surface area (Å²) >= 11 is 3.46. The Balaban J connectivity index is 2.19. The van der Waals surface area contributed by atoms with E-state index in [1.807, 2.05) is 25.2 Å². The smallest absolute Gasteiger partial charge is 0.164 e. The predicted octanol–water partition coefficient (Wildman–Crippen LogP) is 1.82. The SMILES string of the molecule is CNCc1ncn(Cc2cc(Br)ccc2OC)n1. The minimum absolute atomic E-state index is 0.638. The monoisotopic (exact) mass is 310 g/mol. The summed E-state index contributed by atoms with van der Waals surface area (Å²) in [6, 6.07) is 5.92. The highest BCUT2D eigenvalue weighted by molar-refractivity contribution is 9.10. The molecule has 2 aromatic rings. The van der Waals surface area contributed by atoms with Gasteiger partial charge in [0, 0.05) is 10.0 Å². The first-order chi connectivity index (χ1) is 8.72. The van der Waals surface area contributed by atoms with E-state index in [0.717, 1.165) is 21.6 Å². The van der Waals surface area contributed by atoms with E-state index in [4.69, 9.17) is 4.74 Å². The van der Waals surface area contributed by atoms with E-state index < -0.39 is 0 Å². The zero-order chi connectivity index (χ0) is 13.0. The summed E-state index contributed by atoms with van der Waals surface area (Å²) in [6.07, 6.45) is 1.73. The number of hydrogen-bond acceptors (Lipinski definition) is 4. The summed E-state index contributed by atoms with van der Waals surface area (Å²) in [6.45, 7) is 1.31. The third kappa shape index (κ3) is 3.08. The van der Waals surface area contributed by atoms with E-state index in [1.165, 1.54) is 0 Å². The molecule has 0 amide bonds. The molecule has 18 heavy (non-hydrogen) atoms. The topological polar surface area (TPSA) is 52.0 Å². The molecular formula is C12H15BrN4O. The van der Waals surface area contributed by atoms with Crippen LogP contribution in [0.2, 0.25) is 0 Å². The van der Waals surface area contributed by atoms with Gasteiger partial charge in [0.05, 0.1) is 20.2 Å². The Kier molecular flexibility index (Phi) is 4.33. The number of nitrogens with one attached hydrogen (secondary N) is 1. The Labute approximate surface area is 114 Å². The van der Waals surface area contributed by atoms with Gasteiger partial charge >= 0.3 is 0 Å². The second-order valence-corrected chi connectivity index (χ2v) is 4.76. The van der Waals surface area contributed by atoms with Gasteiger partial charge in [-0.15, -0.1) is 0 Å². The van der Waals surface area contributed by atoms with Crippen LogP contribution >= 0.6 is 15.9 Å². The minimum Gasteiger partial charge on any atom is -0.496 e. The van der Waals surface area contributed by atoms with Gasteiger partial charge in [-0.3, -0.25) is 0 Å². The summed E-state index contributed by atoms with van der Waals surface area (Å²) in [5.74, 6) is 1.63. The van der Waals surface area contributed by atoms with Gasteiger partial charge in [0.1, 0.15) is 12.1 Å². The highest BCUT2D eigenvalue weighted by Crippen LogP contribution is 2.23. The molecular weight excluding hydrogens is 296 g/mol. The van der Waals surface area contributed by atoms with Crippen molar-refractivity contribution in [1.29, 1.82) is 0 Å². The molecule has 2 rings (SSSR count). The first kappa shape index (κ1) is 13.0. The molecule has 1 aromatic carbocycles. The molecule has 0 aliphatic carbocycles. The Morgan fingerprint density at radius 3 is 3.00 bits per heavy atom. The van der Waals surface area contributed by atoms with E-state index in [-0.39, 0.29) is 0 Å². The molecule has 0 radical (unpaired) electrons. The largest absolute Gasteiger partial charge is 0.496 e. The highest BCUT2D eigenvalue weighted by Gasteiger charge is 2.06. The fourth-order valence-corrected chi connectivity index (χ4v) is 2.10. The molecule has 1 aromatic heterocycles. The van der Waals surface area contributed by atoms with Crippen LogP contribution in [0.15, 0.2) is 29.0 Å². The van der Waals surface area contributed by atoms with Crippen molar-refractivity contribution in [3.63, 3.8) is 0 Å². The summed E-state index contributed by atoms with van der Waals surface area (Å²) in [5.41, 5.74) is 1.06. The molecule has 96 valence electrons. The van der Waals surface area contributed by atoms with Crippen molar-refractivity contribution in [2.45, 2.75) is 13.1 Å². The van der Waals surface area contributed by atoms with Crippen LogP contribution in [0.4, 0.5) is 0 Å². The van der Waals surface area contributed by atoms with Crippen LogP contribution in [-0.4, -0.2) is 28.9 Å². The molecule has 5 nitrogen and oxygen atoms in total. The molecule has 0 unspecified atom stereocenters. The number of hydrogen-bond donors (Lipinski definition) is 1. The molecule has 0 fully saturated rings. The number of halogens is 1. The highest BCUT2D eigenvalue weighted by atomic mass is 79.9. The Bertz CT molecular complexity index is 527. The predicted molar refractivity (Wildman–Crippen MR) is 72.6 cm³/mol. The number of nitrogens with zero attached hydrogens (tertiary/aromatic N) is 3. The third-order valence-electron chi connectivity index (χ3n) is 2.49. The quantitative estimate of drug-likeness (QED) is 0.915. The fraction of sp³-hybridized carbons (Fsp3) is 0.333. The molecule has 0 aliphatic rings. The second-order valence-electron chi connectivity index (χ2n) is 3.84. The Morgan fingerprint density at radius 1 is 1.44 bits per heavy atom. The van der Waals surface area contributed by atoms with Gasteiger partial charge in [0.25, 0.3) is 0 Å². The summed E-state index contributed by atoms with van der Waals surface area (Å²) in [5, 5.41) is 7.39. The van der Waals surface area contributed by atoms with Crippen molar-refractivity contribution in [3.05, 3.63) is 40.4 Å². The van der Waals surface area contributed by atoms with E-state index in [2.05, 4.69) is 31.3 Å². The maximum atomic E-state index is 5.33. The zero-order valence-electron chi connectivity index (χ0n) is 10.4. The molecule has 0 aliphatic heterocycles. The van der Waals surface area contributed by atoms with Gasteiger partial charge in [0.15, 0.2) is 5.82 Å². The summed E-state index contributed by atoms with van der Waals surface area (Å²) in [4.78, 5) is 4.22. The van der Waals surface area contributed by atoms with Gasteiger partial charge < -0.3 is 10.1 Å². The lowest BCUT2D eigenvalue weighted by Crippen LogP contribution is -2.08. The molecule has 1 N–H and O–H groups in total. The van der Waals surface area contributed by atoms with E-state index >= 15 is 0 Å². The van der Waals surface area contributed by atoms with Crippen LogP contribution in [0.5, 0.6) is 5.75 Å². The van der Waals surface area contributed by atoms with Crippen molar-refractivity contribution in [2.75, 3.05) is 14.2 Å². The van der Waals surface area contributed by atoms with Crippen LogP contribution < -0.4 is 10.1 Å². The number of ether oxygens (including phenoxy) is 1. The molecule has 0 bridgehead atoms. The van der Waals surface area contributed by atoms with Crippen molar-refractivity contribution in [3.8, 4) is 5.75 Å². The van der Waals surface area contributed by atoms with Crippen LogP contribution in [0.25, 0.3) is 0 Å². The molecule has 6 heteroatoms. The number of aromatic nitrogens is 3. The maximum absolute atomic E-state index is 5.33. The lowest BCUT2D eigenvalue weighted by atomic mass is 10.2. The lowest BCUT2D eigenvalue weighted by molar-refractivity contribution is 0.407. The van der Waals surface area contributed by atoms with Crippen molar-refractivity contribution in [1.82, 2.24) is 20.1 Å². The minimum atomic E-state index is 0.638. The molecule has 1 heterocycles. The zero-order valence-corrected chi connectivity index (χ0v) is 11.9.